The average Bonchev–Trinajstić information content (AvgIpc) is 2.87. The summed E-state index contributed by atoms with van der Waals surface area (Å²) in [6.07, 6.45) is 5.09. The Bertz CT molecular complexity index is 1460. The number of nitrogens with one attached hydrogen (secondary N) is 2. The van der Waals surface area contributed by atoms with Crippen LogP contribution in [0, 0.1) is 17.5 Å². The summed E-state index contributed by atoms with van der Waals surface area (Å²) in [7, 11) is -4.65. The van der Waals surface area contributed by atoms with Crippen molar-refractivity contribution in [2.24, 2.45) is 10.7 Å². The number of nitrogens with zero attached hydrogens (tertiary/aromatic N) is 2. The average molecular weight is 546 g/mol. The first-order chi connectivity index (χ1) is 18.0. The molecule has 0 aliphatic carbocycles. The van der Waals surface area contributed by atoms with E-state index in [1.54, 1.807) is 18.3 Å². The minimum absolute atomic E-state index is 0.00408. The fraction of sp³-hybridized carbons (Fsp3) is 0.259. The van der Waals surface area contributed by atoms with E-state index in [0.29, 0.717) is 29.1 Å². The number of sulfonamides is 1. The predicted molar refractivity (Wildman–Crippen MR) is 146 cm³/mol. The number of aromatic nitrogens is 1. The van der Waals surface area contributed by atoms with Gasteiger partial charge in [-0.05, 0) is 68.3 Å². The largest absolute Gasteiger partial charge is 0.398 e. The number of nitrogens with two attached hydrogens (primary N) is 1. The molecule has 0 aliphatic heterocycles. The van der Waals surface area contributed by atoms with Gasteiger partial charge >= 0.3 is 0 Å². The van der Waals surface area contributed by atoms with E-state index in [-0.39, 0.29) is 17.3 Å². The second-order valence-electron chi connectivity index (χ2n) is 8.76. The van der Waals surface area contributed by atoms with Gasteiger partial charge in [-0.2, -0.15) is 0 Å². The zero-order valence-corrected chi connectivity index (χ0v) is 22.1. The Balaban J connectivity index is 2.07. The zero-order valence-electron chi connectivity index (χ0n) is 21.3. The van der Waals surface area contributed by atoms with E-state index in [1.165, 1.54) is 18.3 Å². The lowest BCUT2D eigenvalue weighted by molar-refractivity contribution is 0.555. The van der Waals surface area contributed by atoms with Crippen LogP contribution >= 0.6 is 0 Å². The Labute approximate surface area is 220 Å². The molecule has 0 spiro atoms. The Morgan fingerprint density at radius 3 is 2.61 bits per heavy atom. The van der Waals surface area contributed by atoms with Crippen LogP contribution in [0.4, 0.5) is 24.7 Å². The Morgan fingerprint density at radius 1 is 1.13 bits per heavy atom. The number of allylic oxidation sites excluding steroid dienone is 1. The van der Waals surface area contributed by atoms with Gasteiger partial charge in [0, 0.05) is 36.1 Å². The lowest BCUT2D eigenvalue weighted by Gasteiger charge is -2.15. The van der Waals surface area contributed by atoms with Gasteiger partial charge in [0.25, 0.3) is 10.0 Å². The molecule has 0 bridgehead atoms. The maximum atomic E-state index is 15.6. The fourth-order valence-corrected chi connectivity index (χ4v) is 4.61. The molecule has 1 aromatic heterocycles. The molecule has 0 atom stereocenters. The van der Waals surface area contributed by atoms with Crippen molar-refractivity contribution in [2.75, 3.05) is 16.6 Å². The minimum Gasteiger partial charge on any atom is -0.398 e. The molecular weight excluding hydrogens is 515 g/mol. The van der Waals surface area contributed by atoms with Gasteiger partial charge in [-0.3, -0.25) is 9.71 Å². The summed E-state index contributed by atoms with van der Waals surface area (Å²) in [6.45, 7) is 6.55. The Hall–Kier alpha value is -3.86. The summed E-state index contributed by atoms with van der Waals surface area (Å²) in [6, 6.07) is 9.31. The summed E-state index contributed by atoms with van der Waals surface area (Å²) in [5.74, 6) is -2.51. The van der Waals surface area contributed by atoms with Crippen molar-refractivity contribution < 1.29 is 21.6 Å². The quantitative estimate of drug-likeness (QED) is 0.208. The first-order valence-electron chi connectivity index (χ1n) is 12.0. The van der Waals surface area contributed by atoms with Crippen LogP contribution in [0.2, 0.25) is 0 Å². The number of aliphatic imine (C=N–C) groups is 1. The molecule has 0 saturated carbocycles. The van der Waals surface area contributed by atoms with E-state index in [9.17, 15) is 17.2 Å². The molecule has 1 heterocycles. The third-order valence-corrected chi connectivity index (χ3v) is 6.80. The number of hydrogen-bond acceptors (Lipinski definition) is 6. The number of anilines is 2. The molecule has 4 N–H and O–H groups in total. The van der Waals surface area contributed by atoms with Gasteiger partial charge < -0.3 is 11.1 Å². The van der Waals surface area contributed by atoms with Crippen molar-refractivity contribution in [2.45, 2.75) is 44.6 Å². The van der Waals surface area contributed by atoms with Crippen molar-refractivity contribution in [1.29, 1.82) is 0 Å². The van der Waals surface area contributed by atoms with Crippen LogP contribution in [0.3, 0.4) is 0 Å². The molecule has 2 aromatic carbocycles. The van der Waals surface area contributed by atoms with Crippen LogP contribution in [0.1, 0.15) is 44.7 Å². The van der Waals surface area contributed by atoms with E-state index in [4.69, 9.17) is 5.73 Å². The summed E-state index contributed by atoms with van der Waals surface area (Å²) in [5.41, 5.74) is 6.87. The van der Waals surface area contributed by atoms with Crippen molar-refractivity contribution in [3.05, 3.63) is 83.3 Å². The molecule has 0 amide bonds. The highest BCUT2D eigenvalue weighted by molar-refractivity contribution is 7.92. The Kier molecular flexibility index (Phi) is 9.51. The first kappa shape index (κ1) is 28.7. The number of unbranched alkanes of at least 4 members (excludes halogenated alkanes) is 1. The Morgan fingerprint density at radius 2 is 1.89 bits per heavy atom. The van der Waals surface area contributed by atoms with E-state index < -0.39 is 38.1 Å². The molecule has 0 radical (unpaired) electrons. The topological polar surface area (TPSA) is 109 Å². The second-order valence-corrected chi connectivity index (χ2v) is 10.4. The lowest BCUT2D eigenvalue weighted by Crippen LogP contribution is -2.17. The summed E-state index contributed by atoms with van der Waals surface area (Å²) >= 11 is 0. The normalized spacial score (nSPS) is 12.6. The summed E-state index contributed by atoms with van der Waals surface area (Å²) in [5, 5.41) is 3.23. The summed E-state index contributed by atoms with van der Waals surface area (Å²) in [4.78, 5) is 7.77. The monoisotopic (exact) mass is 545 g/mol. The van der Waals surface area contributed by atoms with Gasteiger partial charge in [0.15, 0.2) is 5.82 Å². The van der Waals surface area contributed by atoms with Crippen molar-refractivity contribution >= 4 is 39.0 Å². The smallest absolute Gasteiger partial charge is 0.265 e. The third-order valence-electron chi connectivity index (χ3n) is 5.42. The number of hydrogen-bond donors (Lipinski definition) is 3. The molecule has 0 fully saturated rings. The number of halogens is 3. The van der Waals surface area contributed by atoms with Crippen molar-refractivity contribution in [3.8, 4) is 0 Å². The van der Waals surface area contributed by atoms with Gasteiger partial charge in [0.1, 0.15) is 22.3 Å². The lowest BCUT2D eigenvalue weighted by atomic mass is 10.0. The van der Waals surface area contributed by atoms with Crippen molar-refractivity contribution in [1.82, 2.24) is 4.98 Å². The van der Waals surface area contributed by atoms with E-state index in [1.807, 2.05) is 18.6 Å². The van der Waals surface area contributed by atoms with Gasteiger partial charge in [-0.1, -0.05) is 19.4 Å². The molecule has 3 aromatic rings. The number of pyridine rings is 1. The SMILES string of the molecule is CCCCNc1cc(C(C=NC(C)C)=C(N)c2cccc(NS(=O)(=O)c3cc(F)ccc3F)c2F)ccn1. The van der Waals surface area contributed by atoms with Crippen LogP contribution in [0.15, 0.2) is 64.6 Å². The van der Waals surface area contributed by atoms with Crippen LogP contribution in [-0.4, -0.2) is 32.2 Å². The standard InChI is InChI=1S/C27H30F3N5O2S/c1-4-5-12-32-25-14-18(11-13-33-25)21(16-34-17(2)3)27(31)20-7-6-8-23(26(20)30)35-38(36,37)24-15-19(28)9-10-22(24)29/h6-11,13-17,35H,4-5,12,31H2,1-3H3,(H,32,33). The molecule has 7 nitrogen and oxygen atoms in total. The van der Waals surface area contributed by atoms with Gasteiger partial charge in [-0.15, -0.1) is 0 Å². The summed E-state index contributed by atoms with van der Waals surface area (Å²) < 4.78 is 70.8. The molecule has 38 heavy (non-hydrogen) atoms. The predicted octanol–water partition coefficient (Wildman–Crippen LogP) is 5.82. The molecule has 0 aliphatic rings. The zero-order chi connectivity index (χ0) is 27.9. The highest BCUT2D eigenvalue weighted by atomic mass is 32.2. The minimum atomic E-state index is -4.65. The first-order valence-corrected chi connectivity index (χ1v) is 13.5. The van der Waals surface area contributed by atoms with Crippen LogP contribution < -0.4 is 15.8 Å². The number of benzene rings is 2. The van der Waals surface area contributed by atoms with Crippen LogP contribution in [0.5, 0.6) is 0 Å². The third kappa shape index (κ3) is 7.12. The van der Waals surface area contributed by atoms with E-state index >= 15 is 4.39 Å². The molecule has 0 saturated heterocycles. The van der Waals surface area contributed by atoms with Crippen LogP contribution in [-0.2, 0) is 10.0 Å². The van der Waals surface area contributed by atoms with Crippen LogP contribution in [0.25, 0.3) is 11.3 Å². The highest BCUT2D eigenvalue weighted by Gasteiger charge is 2.23. The van der Waals surface area contributed by atoms with Gasteiger partial charge in [0.05, 0.1) is 11.4 Å². The van der Waals surface area contributed by atoms with E-state index in [2.05, 4.69) is 22.2 Å². The molecule has 3 rings (SSSR count). The number of rotatable bonds is 11. The molecule has 0 unspecified atom stereocenters. The molecular formula is C27H30F3N5O2S. The fourth-order valence-electron chi connectivity index (χ4n) is 3.46. The van der Waals surface area contributed by atoms with Gasteiger partial charge in [-0.25, -0.2) is 26.6 Å². The second kappa shape index (κ2) is 12.6. The molecule has 11 heteroatoms. The van der Waals surface area contributed by atoms with Gasteiger partial charge in [0.2, 0.25) is 0 Å². The van der Waals surface area contributed by atoms with Crippen molar-refractivity contribution in [3.63, 3.8) is 0 Å². The maximum absolute atomic E-state index is 15.6. The van der Waals surface area contributed by atoms with E-state index in [0.717, 1.165) is 31.5 Å². The maximum Gasteiger partial charge on any atom is 0.265 e. The highest BCUT2D eigenvalue weighted by Crippen LogP contribution is 2.29. The molecule has 202 valence electrons.